The molecule has 0 bridgehead atoms. The first kappa shape index (κ1) is 19.4. The van der Waals surface area contributed by atoms with Crippen molar-refractivity contribution in [2.75, 3.05) is 24.6 Å². The first-order chi connectivity index (χ1) is 9.61. The third-order valence-electron chi connectivity index (χ3n) is 4.31. The van der Waals surface area contributed by atoms with Crippen LogP contribution < -0.4 is 10.6 Å². The predicted molar refractivity (Wildman–Crippen MR) is 103 cm³/mol. The molecule has 1 atom stereocenters. The Morgan fingerprint density at radius 2 is 2.05 bits per heavy atom. The van der Waals surface area contributed by atoms with Crippen LogP contribution in [-0.2, 0) is 0 Å². The van der Waals surface area contributed by atoms with Gasteiger partial charge in [-0.05, 0) is 50.7 Å². The van der Waals surface area contributed by atoms with Gasteiger partial charge in [-0.2, -0.15) is 11.8 Å². The molecule has 6 heteroatoms. The molecule has 2 aliphatic rings. The molecule has 2 fully saturated rings. The third-order valence-corrected chi connectivity index (χ3v) is 5.55. The Morgan fingerprint density at radius 1 is 1.33 bits per heavy atom. The lowest BCUT2D eigenvalue weighted by Gasteiger charge is -2.28. The van der Waals surface area contributed by atoms with E-state index >= 15 is 0 Å². The van der Waals surface area contributed by atoms with Gasteiger partial charge in [0.05, 0.1) is 12.1 Å². The summed E-state index contributed by atoms with van der Waals surface area (Å²) < 4.78 is 0. The van der Waals surface area contributed by atoms with Crippen molar-refractivity contribution in [2.24, 2.45) is 10.9 Å². The van der Waals surface area contributed by atoms with Gasteiger partial charge in [0.2, 0.25) is 0 Å². The van der Waals surface area contributed by atoms with Gasteiger partial charge in [0.1, 0.15) is 0 Å². The van der Waals surface area contributed by atoms with Crippen LogP contribution in [-0.4, -0.2) is 47.3 Å². The standard InChI is InChI=1S/C15H29N3OS.HI/c1-3-16-14(17-10-15(19)8-9-20-11-15)18-13-6-4-12(2)5-7-13;/h12-13,19H,3-11H2,1-2H3,(H2,16,17,18);1H. The van der Waals surface area contributed by atoms with Crippen molar-refractivity contribution in [3.63, 3.8) is 0 Å². The Balaban J connectivity index is 0.00000220. The van der Waals surface area contributed by atoms with Crippen molar-refractivity contribution in [3.8, 4) is 0 Å². The highest BCUT2D eigenvalue weighted by atomic mass is 127. The van der Waals surface area contributed by atoms with Gasteiger partial charge in [0.25, 0.3) is 0 Å². The monoisotopic (exact) mass is 427 g/mol. The van der Waals surface area contributed by atoms with Crippen molar-refractivity contribution < 1.29 is 5.11 Å². The molecule has 0 aromatic rings. The number of thioether (sulfide) groups is 1. The maximum atomic E-state index is 10.4. The summed E-state index contributed by atoms with van der Waals surface area (Å²) >= 11 is 1.82. The maximum absolute atomic E-state index is 10.4. The van der Waals surface area contributed by atoms with Crippen LogP contribution in [0.15, 0.2) is 4.99 Å². The number of guanidine groups is 1. The van der Waals surface area contributed by atoms with Crippen LogP contribution in [0.5, 0.6) is 0 Å². The van der Waals surface area contributed by atoms with E-state index in [2.05, 4.69) is 29.5 Å². The van der Waals surface area contributed by atoms with Gasteiger partial charge in [-0.3, -0.25) is 4.99 Å². The molecule has 2 rings (SSSR count). The number of aliphatic imine (C=N–C) groups is 1. The predicted octanol–water partition coefficient (Wildman–Crippen LogP) is 2.61. The molecule has 0 aromatic carbocycles. The highest BCUT2D eigenvalue weighted by molar-refractivity contribution is 14.0. The molecule has 0 amide bonds. The van der Waals surface area contributed by atoms with E-state index in [4.69, 9.17) is 0 Å². The SMILES string of the molecule is CCNC(=NCC1(O)CCSC1)NC1CCC(C)CC1.I. The Morgan fingerprint density at radius 3 is 2.62 bits per heavy atom. The largest absolute Gasteiger partial charge is 0.387 e. The van der Waals surface area contributed by atoms with Gasteiger partial charge in [0, 0.05) is 18.3 Å². The zero-order chi connectivity index (χ0) is 14.4. The van der Waals surface area contributed by atoms with Crippen LogP contribution in [0.4, 0.5) is 0 Å². The molecule has 0 spiro atoms. The number of aliphatic hydroxyl groups is 1. The molecule has 3 N–H and O–H groups in total. The van der Waals surface area contributed by atoms with Crippen LogP contribution in [0.3, 0.4) is 0 Å². The number of nitrogens with one attached hydrogen (secondary N) is 2. The Labute approximate surface area is 150 Å². The maximum Gasteiger partial charge on any atom is 0.191 e. The third kappa shape index (κ3) is 6.52. The molecule has 1 aliphatic heterocycles. The van der Waals surface area contributed by atoms with E-state index in [-0.39, 0.29) is 24.0 Å². The quantitative estimate of drug-likeness (QED) is 0.367. The van der Waals surface area contributed by atoms with Crippen molar-refractivity contribution in [1.29, 1.82) is 0 Å². The van der Waals surface area contributed by atoms with Crippen LogP contribution in [0.1, 0.15) is 46.0 Å². The second kappa shape index (κ2) is 9.45. The summed E-state index contributed by atoms with van der Waals surface area (Å²) in [4.78, 5) is 4.61. The van der Waals surface area contributed by atoms with Crippen LogP contribution in [0, 0.1) is 5.92 Å². The molecule has 1 unspecified atom stereocenters. The van der Waals surface area contributed by atoms with Gasteiger partial charge in [-0.25, -0.2) is 0 Å². The lowest BCUT2D eigenvalue weighted by molar-refractivity contribution is 0.0778. The molecule has 1 saturated heterocycles. The first-order valence-corrected chi connectivity index (χ1v) is 9.12. The number of rotatable bonds is 4. The second-order valence-electron chi connectivity index (χ2n) is 6.32. The minimum absolute atomic E-state index is 0. The fraction of sp³-hybridized carbons (Fsp3) is 0.933. The number of halogens is 1. The average molecular weight is 427 g/mol. The summed E-state index contributed by atoms with van der Waals surface area (Å²) in [7, 11) is 0. The van der Waals surface area contributed by atoms with E-state index in [9.17, 15) is 5.11 Å². The summed E-state index contributed by atoms with van der Waals surface area (Å²) in [5, 5.41) is 17.2. The topological polar surface area (TPSA) is 56.7 Å². The van der Waals surface area contributed by atoms with E-state index in [1.165, 1.54) is 25.7 Å². The van der Waals surface area contributed by atoms with E-state index in [0.29, 0.717) is 12.6 Å². The second-order valence-corrected chi connectivity index (χ2v) is 7.43. The zero-order valence-electron chi connectivity index (χ0n) is 13.2. The van der Waals surface area contributed by atoms with Crippen LogP contribution in [0.2, 0.25) is 0 Å². The summed E-state index contributed by atoms with van der Waals surface area (Å²) in [6, 6.07) is 0.539. The summed E-state index contributed by atoms with van der Waals surface area (Å²) in [6.45, 7) is 5.80. The highest BCUT2D eigenvalue weighted by Crippen LogP contribution is 2.28. The lowest BCUT2D eigenvalue weighted by Crippen LogP contribution is -2.45. The van der Waals surface area contributed by atoms with Crippen molar-refractivity contribution >= 4 is 41.7 Å². The summed E-state index contributed by atoms with van der Waals surface area (Å²) in [5.74, 6) is 3.61. The highest BCUT2D eigenvalue weighted by Gasteiger charge is 2.31. The summed E-state index contributed by atoms with van der Waals surface area (Å²) in [6.07, 6.45) is 5.92. The smallest absolute Gasteiger partial charge is 0.191 e. The zero-order valence-corrected chi connectivity index (χ0v) is 16.4. The lowest BCUT2D eigenvalue weighted by atomic mass is 9.87. The summed E-state index contributed by atoms with van der Waals surface area (Å²) in [5.41, 5.74) is -0.589. The molecule has 1 saturated carbocycles. The average Bonchev–Trinajstić information content (AvgIpc) is 2.86. The van der Waals surface area contributed by atoms with Gasteiger partial charge in [-0.15, -0.1) is 24.0 Å². The van der Waals surface area contributed by atoms with Crippen LogP contribution >= 0.6 is 35.7 Å². The normalized spacial score (nSPS) is 33.4. The van der Waals surface area contributed by atoms with Crippen molar-refractivity contribution in [2.45, 2.75) is 57.6 Å². The van der Waals surface area contributed by atoms with Crippen molar-refractivity contribution in [1.82, 2.24) is 10.6 Å². The molecule has 1 heterocycles. The van der Waals surface area contributed by atoms with Crippen molar-refractivity contribution in [3.05, 3.63) is 0 Å². The Bertz CT molecular complexity index is 327. The molecular weight excluding hydrogens is 397 g/mol. The molecule has 0 radical (unpaired) electrons. The fourth-order valence-corrected chi connectivity index (χ4v) is 4.15. The minimum Gasteiger partial charge on any atom is -0.387 e. The molecule has 0 aromatic heterocycles. The van der Waals surface area contributed by atoms with E-state index in [1.54, 1.807) is 0 Å². The molecule has 1 aliphatic carbocycles. The van der Waals surface area contributed by atoms with Gasteiger partial charge < -0.3 is 15.7 Å². The molecular formula is C15H30IN3OS. The number of nitrogens with zero attached hydrogens (tertiary/aromatic N) is 1. The fourth-order valence-electron chi connectivity index (χ4n) is 2.87. The number of hydrogen-bond acceptors (Lipinski definition) is 3. The Hall–Kier alpha value is 0.310. The van der Waals surface area contributed by atoms with Gasteiger partial charge in [-0.1, -0.05) is 6.92 Å². The van der Waals surface area contributed by atoms with Crippen LogP contribution in [0.25, 0.3) is 0 Å². The van der Waals surface area contributed by atoms with E-state index in [1.807, 2.05) is 11.8 Å². The van der Waals surface area contributed by atoms with E-state index < -0.39 is 5.60 Å². The molecule has 21 heavy (non-hydrogen) atoms. The molecule has 124 valence electrons. The van der Waals surface area contributed by atoms with E-state index in [0.717, 1.165) is 36.3 Å². The first-order valence-electron chi connectivity index (χ1n) is 7.96. The molecule has 4 nitrogen and oxygen atoms in total. The van der Waals surface area contributed by atoms with Gasteiger partial charge in [0.15, 0.2) is 5.96 Å². The minimum atomic E-state index is -0.589. The Kier molecular flexibility index (Phi) is 8.71. The number of hydrogen-bond donors (Lipinski definition) is 3. The van der Waals surface area contributed by atoms with Gasteiger partial charge >= 0.3 is 0 Å².